The number of carbonyl (C=O) groups excluding carboxylic acids is 1. The van der Waals surface area contributed by atoms with Gasteiger partial charge in [0.05, 0.1) is 6.54 Å². The van der Waals surface area contributed by atoms with Crippen LogP contribution in [0.3, 0.4) is 0 Å². The van der Waals surface area contributed by atoms with Gasteiger partial charge in [0, 0.05) is 11.7 Å². The molecule has 18 heavy (non-hydrogen) atoms. The number of hydrogen-bond acceptors (Lipinski definition) is 1. The number of halogens is 3. The number of alkyl halides is 2. The highest BCUT2D eigenvalue weighted by Gasteiger charge is 2.34. The summed E-state index contributed by atoms with van der Waals surface area (Å²) in [5.74, 6) is -0.417. The molecule has 1 aromatic carbocycles. The largest absolute Gasteiger partial charge is 0.322 e. The summed E-state index contributed by atoms with van der Waals surface area (Å²) in [6.07, 6.45) is -1.04. The highest BCUT2D eigenvalue weighted by atomic mass is 19.3. The van der Waals surface area contributed by atoms with Crippen molar-refractivity contribution in [2.45, 2.75) is 25.3 Å². The fourth-order valence-corrected chi connectivity index (χ4v) is 1.66. The van der Waals surface area contributed by atoms with Crippen molar-refractivity contribution in [3.8, 4) is 0 Å². The van der Waals surface area contributed by atoms with E-state index < -0.39 is 24.8 Å². The zero-order chi connectivity index (χ0) is 13.1. The molecule has 0 heterocycles. The van der Waals surface area contributed by atoms with Gasteiger partial charge in [0.15, 0.2) is 0 Å². The lowest BCUT2D eigenvalue weighted by molar-refractivity contribution is 0.0994. The zero-order valence-electron chi connectivity index (χ0n) is 9.57. The Balaban J connectivity index is 1.98. The number of rotatable bonds is 4. The van der Waals surface area contributed by atoms with Crippen molar-refractivity contribution < 1.29 is 18.0 Å². The Bertz CT molecular complexity index is 418. The summed E-state index contributed by atoms with van der Waals surface area (Å²) in [6, 6.07) is 4.51. The number of nitrogens with zero attached hydrogens (tertiary/aromatic N) is 1. The summed E-state index contributed by atoms with van der Waals surface area (Å²) in [5.41, 5.74) is 0.390. The van der Waals surface area contributed by atoms with Gasteiger partial charge in [-0.05, 0) is 37.1 Å². The van der Waals surface area contributed by atoms with Crippen LogP contribution < -0.4 is 5.32 Å². The van der Waals surface area contributed by atoms with Crippen molar-refractivity contribution in [2.24, 2.45) is 0 Å². The van der Waals surface area contributed by atoms with Gasteiger partial charge in [-0.2, -0.15) is 0 Å². The van der Waals surface area contributed by atoms with Crippen molar-refractivity contribution in [2.75, 3.05) is 11.9 Å². The van der Waals surface area contributed by atoms with Crippen LogP contribution in [0, 0.1) is 5.82 Å². The second kappa shape index (κ2) is 5.29. The molecule has 1 aromatic rings. The first-order chi connectivity index (χ1) is 8.56. The minimum atomic E-state index is -2.55. The Labute approximate surface area is 103 Å². The van der Waals surface area contributed by atoms with Crippen LogP contribution in [-0.4, -0.2) is 29.9 Å². The Morgan fingerprint density at radius 1 is 1.33 bits per heavy atom. The summed E-state index contributed by atoms with van der Waals surface area (Å²) < 4.78 is 37.4. The molecular weight excluding hydrogens is 245 g/mol. The lowest BCUT2D eigenvalue weighted by Crippen LogP contribution is -2.39. The van der Waals surface area contributed by atoms with E-state index in [0.29, 0.717) is 5.69 Å². The van der Waals surface area contributed by atoms with Crippen molar-refractivity contribution in [1.29, 1.82) is 0 Å². The molecule has 0 aromatic heterocycles. The summed E-state index contributed by atoms with van der Waals surface area (Å²) in [4.78, 5) is 12.9. The molecule has 2 amide bonds. The highest BCUT2D eigenvalue weighted by molar-refractivity contribution is 5.89. The third-order valence-corrected chi connectivity index (χ3v) is 2.68. The van der Waals surface area contributed by atoms with Gasteiger partial charge in [-0.25, -0.2) is 18.0 Å². The molecule has 3 nitrogen and oxygen atoms in total. The molecule has 1 fully saturated rings. The van der Waals surface area contributed by atoms with Crippen LogP contribution in [0.2, 0.25) is 0 Å². The molecule has 0 saturated heterocycles. The summed E-state index contributed by atoms with van der Waals surface area (Å²) in [6.45, 7) is -0.572. The van der Waals surface area contributed by atoms with E-state index in [4.69, 9.17) is 0 Å². The minimum absolute atomic E-state index is 0.0977. The number of urea groups is 1. The average molecular weight is 258 g/mol. The van der Waals surface area contributed by atoms with Crippen LogP contribution in [0.4, 0.5) is 23.7 Å². The summed E-state index contributed by atoms with van der Waals surface area (Å²) in [5, 5.41) is 2.48. The highest BCUT2D eigenvalue weighted by Crippen LogP contribution is 2.28. The van der Waals surface area contributed by atoms with Crippen molar-refractivity contribution in [1.82, 2.24) is 4.90 Å². The monoisotopic (exact) mass is 258 g/mol. The van der Waals surface area contributed by atoms with Gasteiger partial charge in [-0.3, -0.25) is 0 Å². The van der Waals surface area contributed by atoms with Crippen LogP contribution in [0.1, 0.15) is 12.8 Å². The van der Waals surface area contributed by atoms with Crippen LogP contribution in [0.15, 0.2) is 24.3 Å². The summed E-state index contributed by atoms with van der Waals surface area (Å²) >= 11 is 0. The minimum Gasteiger partial charge on any atom is -0.316 e. The van der Waals surface area contributed by atoms with E-state index in [2.05, 4.69) is 5.32 Å². The normalized spacial score (nSPS) is 14.7. The Morgan fingerprint density at radius 3 is 2.44 bits per heavy atom. The molecule has 1 N–H and O–H groups in total. The summed E-state index contributed by atoms with van der Waals surface area (Å²) in [7, 11) is 0. The molecule has 0 aliphatic heterocycles. The second-order valence-corrected chi connectivity index (χ2v) is 4.21. The molecule has 0 atom stereocenters. The fourth-order valence-electron chi connectivity index (χ4n) is 1.66. The molecule has 1 aliphatic rings. The molecule has 0 bridgehead atoms. The molecule has 2 rings (SSSR count). The van der Waals surface area contributed by atoms with E-state index in [1.54, 1.807) is 0 Å². The van der Waals surface area contributed by atoms with E-state index in [-0.39, 0.29) is 6.04 Å². The number of anilines is 1. The number of nitrogens with one attached hydrogen (secondary N) is 1. The van der Waals surface area contributed by atoms with Gasteiger partial charge in [-0.1, -0.05) is 0 Å². The Kier molecular flexibility index (Phi) is 3.74. The van der Waals surface area contributed by atoms with Gasteiger partial charge < -0.3 is 10.2 Å². The van der Waals surface area contributed by atoms with Crippen LogP contribution in [0.25, 0.3) is 0 Å². The van der Waals surface area contributed by atoms with Crippen LogP contribution in [-0.2, 0) is 0 Å². The predicted octanol–water partition coefficient (Wildman–Crippen LogP) is 3.09. The van der Waals surface area contributed by atoms with Gasteiger partial charge in [0.2, 0.25) is 0 Å². The predicted molar refractivity (Wildman–Crippen MR) is 61.2 cm³/mol. The van der Waals surface area contributed by atoms with E-state index in [9.17, 15) is 18.0 Å². The maximum Gasteiger partial charge on any atom is 0.322 e. The molecule has 6 heteroatoms. The van der Waals surface area contributed by atoms with E-state index in [0.717, 1.165) is 17.7 Å². The van der Waals surface area contributed by atoms with Crippen molar-refractivity contribution in [3.63, 3.8) is 0 Å². The van der Waals surface area contributed by atoms with Gasteiger partial charge in [-0.15, -0.1) is 0 Å². The van der Waals surface area contributed by atoms with Crippen molar-refractivity contribution in [3.05, 3.63) is 30.1 Å². The lowest BCUT2D eigenvalue weighted by Gasteiger charge is -2.22. The van der Waals surface area contributed by atoms with Crippen LogP contribution >= 0.6 is 0 Å². The topological polar surface area (TPSA) is 32.3 Å². The van der Waals surface area contributed by atoms with E-state index >= 15 is 0 Å². The SMILES string of the molecule is O=C(Nc1ccc(F)cc1)N(CC(F)F)C1CC1. The number of carbonyl (C=O) groups is 1. The van der Waals surface area contributed by atoms with Gasteiger partial charge in [0.1, 0.15) is 5.82 Å². The average Bonchev–Trinajstić information content (AvgIpc) is 3.12. The third-order valence-electron chi connectivity index (χ3n) is 2.68. The lowest BCUT2D eigenvalue weighted by atomic mass is 10.3. The van der Waals surface area contributed by atoms with Gasteiger partial charge in [0.25, 0.3) is 6.43 Å². The standard InChI is InChI=1S/C12H13F3N2O/c13-8-1-3-9(4-2-8)16-12(18)17(7-11(14)15)10-5-6-10/h1-4,10-11H,5-7H2,(H,16,18). The number of amides is 2. The molecule has 0 radical (unpaired) electrons. The maximum absolute atomic E-state index is 12.7. The fraction of sp³-hybridized carbons (Fsp3) is 0.417. The van der Waals surface area contributed by atoms with Gasteiger partial charge >= 0.3 is 6.03 Å². The first kappa shape index (κ1) is 12.7. The van der Waals surface area contributed by atoms with E-state index in [1.165, 1.54) is 24.3 Å². The molecule has 98 valence electrons. The van der Waals surface area contributed by atoms with E-state index in [1.807, 2.05) is 0 Å². The molecule has 0 unspecified atom stereocenters. The quantitative estimate of drug-likeness (QED) is 0.884. The molecule has 1 aliphatic carbocycles. The number of benzene rings is 1. The third kappa shape index (κ3) is 3.38. The second-order valence-electron chi connectivity index (χ2n) is 4.21. The first-order valence-corrected chi connectivity index (χ1v) is 5.67. The Hall–Kier alpha value is -1.72. The smallest absolute Gasteiger partial charge is 0.316 e. The van der Waals surface area contributed by atoms with Crippen molar-refractivity contribution >= 4 is 11.7 Å². The van der Waals surface area contributed by atoms with Crippen LogP contribution in [0.5, 0.6) is 0 Å². The molecule has 1 saturated carbocycles. The molecule has 0 spiro atoms. The maximum atomic E-state index is 12.7. The molecular formula is C12H13F3N2O. The number of hydrogen-bond donors (Lipinski definition) is 1. The Morgan fingerprint density at radius 2 is 1.94 bits per heavy atom. The zero-order valence-corrected chi connectivity index (χ0v) is 9.57. The first-order valence-electron chi connectivity index (χ1n) is 5.67.